The van der Waals surface area contributed by atoms with E-state index in [1.54, 1.807) is 6.07 Å². The number of sulfonamides is 1. The third kappa shape index (κ3) is 5.38. The van der Waals surface area contributed by atoms with Crippen molar-refractivity contribution in [2.75, 3.05) is 49.6 Å². The van der Waals surface area contributed by atoms with Gasteiger partial charge in [0.15, 0.2) is 0 Å². The fraction of sp³-hybridized carbons (Fsp3) is 0.529. The van der Waals surface area contributed by atoms with E-state index < -0.39 is 10.0 Å². The summed E-state index contributed by atoms with van der Waals surface area (Å²) in [6, 6.07) is 5.45. The number of nitrogens with one attached hydrogen (secondary N) is 2. The van der Waals surface area contributed by atoms with Crippen LogP contribution in [0.1, 0.15) is 17.5 Å². The highest BCUT2D eigenvalue weighted by atomic mass is 32.2. The first-order valence-electron chi connectivity index (χ1n) is 8.98. The van der Waals surface area contributed by atoms with Crippen LogP contribution in [0.15, 0.2) is 22.4 Å². The van der Waals surface area contributed by atoms with Crippen molar-refractivity contribution in [2.45, 2.75) is 24.5 Å². The van der Waals surface area contributed by atoms with E-state index in [2.05, 4.69) is 24.9 Å². The zero-order chi connectivity index (χ0) is 19.3. The standard InChI is InChI=1S/C17H25N5O3S2/c1-3-14-4-5-16(26-14)27(23,24)19-7-6-18-17-20-13(2)12-15(21-17)22-8-10-25-11-9-22/h4-5,12,19H,3,6-11H2,1-2H3,(H,18,20,21). The number of hydrogen-bond donors (Lipinski definition) is 2. The van der Waals surface area contributed by atoms with E-state index in [1.165, 1.54) is 11.3 Å². The summed E-state index contributed by atoms with van der Waals surface area (Å²) in [6.45, 7) is 7.57. The van der Waals surface area contributed by atoms with Crippen molar-refractivity contribution in [2.24, 2.45) is 0 Å². The molecule has 0 atom stereocenters. The maximum atomic E-state index is 12.3. The van der Waals surface area contributed by atoms with Gasteiger partial charge >= 0.3 is 0 Å². The number of thiophene rings is 1. The van der Waals surface area contributed by atoms with Crippen LogP contribution in [0.2, 0.25) is 0 Å². The molecule has 1 fully saturated rings. The van der Waals surface area contributed by atoms with Crippen molar-refractivity contribution in [1.82, 2.24) is 14.7 Å². The zero-order valence-corrected chi connectivity index (χ0v) is 17.2. The van der Waals surface area contributed by atoms with Gasteiger partial charge in [-0.15, -0.1) is 11.3 Å². The van der Waals surface area contributed by atoms with Crippen LogP contribution in [-0.2, 0) is 21.2 Å². The molecule has 0 aliphatic carbocycles. The summed E-state index contributed by atoms with van der Waals surface area (Å²) in [5.41, 5.74) is 0.861. The Morgan fingerprint density at radius 3 is 2.70 bits per heavy atom. The van der Waals surface area contributed by atoms with Gasteiger partial charge in [-0.25, -0.2) is 18.1 Å². The molecule has 8 nitrogen and oxygen atoms in total. The van der Waals surface area contributed by atoms with Gasteiger partial charge in [-0.05, 0) is 25.5 Å². The van der Waals surface area contributed by atoms with Crippen LogP contribution in [0.3, 0.4) is 0 Å². The zero-order valence-electron chi connectivity index (χ0n) is 15.6. The second-order valence-electron chi connectivity index (χ2n) is 6.19. The molecule has 1 aliphatic heterocycles. The summed E-state index contributed by atoms with van der Waals surface area (Å²) in [6.07, 6.45) is 0.831. The molecular weight excluding hydrogens is 386 g/mol. The second-order valence-corrected chi connectivity index (χ2v) is 9.35. The Balaban J connectivity index is 1.54. The normalized spacial score (nSPS) is 15.1. The average Bonchev–Trinajstić information content (AvgIpc) is 3.16. The average molecular weight is 412 g/mol. The first kappa shape index (κ1) is 20.0. The van der Waals surface area contributed by atoms with Gasteiger partial charge in [0.25, 0.3) is 0 Å². The van der Waals surface area contributed by atoms with Gasteiger partial charge in [0.05, 0.1) is 13.2 Å². The highest BCUT2D eigenvalue weighted by Crippen LogP contribution is 2.21. The van der Waals surface area contributed by atoms with E-state index in [9.17, 15) is 8.42 Å². The third-order valence-electron chi connectivity index (χ3n) is 4.13. The Bertz CT molecular complexity index is 863. The molecule has 1 aliphatic rings. The summed E-state index contributed by atoms with van der Waals surface area (Å²) in [5, 5.41) is 3.10. The first-order valence-corrected chi connectivity index (χ1v) is 11.3. The maximum absolute atomic E-state index is 12.3. The number of rotatable bonds is 8. The van der Waals surface area contributed by atoms with E-state index in [-0.39, 0.29) is 6.54 Å². The molecule has 2 N–H and O–H groups in total. The SMILES string of the molecule is CCc1ccc(S(=O)(=O)NCCNc2nc(C)cc(N3CCOCC3)n2)s1. The molecule has 0 radical (unpaired) electrons. The minimum atomic E-state index is -3.47. The Labute approximate surface area is 164 Å². The van der Waals surface area contributed by atoms with Crippen LogP contribution in [-0.4, -0.2) is 57.8 Å². The van der Waals surface area contributed by atoms with Crippen molar-refractivity contribution in [1.29, 1.82) is 0 Å². The molecule has 0 unspecified atom stereocenters. The summed E-state index contributed by atoms with van der Waals surface area (Å²) in [5.74, 6) is 1.36. The minimum Gasteiger partial charge on any atom is -0.378 e. The van der Waals surface area contributed by atoms with E-state index in [0.717, 1.165) is 35.9 Å². The summed E-state index contributed by atoms with van der Waals surface area (Å²) in [7, 11) is -3.47. The van der Waals surface area contributed by atoms with E-state index in [1.807, 2.05) is 26.0 Å². The smallest absolute Gasteiger partial charge is 0.250 e. The lowest BCUT2D eigenvalue weighted by Crippen LogP contribution is -2.37. The van der Waals surface area contributed by atoms with Gasteiger partial charge in [-0.3, -0.25) is 0 Å². The molecule has 2 aromatic heterocycles. The lowest BCUT2D eigenvalue weighted by Gasteiger charge is -2.28. The van der Waals surface area contributed by atoms with Gasteiger partial charge in [-0.2, -0.15) is 4.98 Å². The largest absolute Gasteiger partial charge is 0.378 e. The molecule has 3 heterocycles. The molecule has 3 rings (SSSR count). The van der Waals surface area contributed by atoms with E-state index >= 15 is 0 Å². The van der Waals surface area contributed by atoms with E-state index in [4.69, 9.17) is 4.74 Å². The predicted molar refractivity (Wildman–Crippen MR) is 107 cm³/mol. The summed E-state index contributed by atoms with van der Waals surface area (Å²) in [4.78, 5) is 12.1. The lowest BCUT2D eigenvalue weighted by molar-refractivity contribution is 0.122. The van der Waals surface area contributed by atoms with Crippen molar-refractivity contribution in [3.8, 4) is 0 Å². The molecule has 0 amide bonds. The monoisotopic (exact) mass is 411 g/mol. The molecule has 148 valence electrons. The van der Waals surface area contributed by atoms with Crippen molar-refractivity contribution in [3.05, 3.63) is 28.8 Å². The maximum Gasteiger partial charge on any atom is 0.250 e. The highest BCUT2D eigenvalue weighted by Gasteiger charge is 2.16. The molecule has 2 aromatic rings. The minimum absolute atomic E-state index is 0.256. The molecule has 27 heavy (non-hydrogen) atoms. The number of hydrogen-bond acceptors (Lipinski definition) is 8. The Kier molecular flexibility index (Phi) is 6.64. The predicted octanol–water partition coefficient (Wildman–Crippen LogP) is 1.64. The van der Waals surface area contributed by atoms with Gasteiger partial charge < -0.3 is 15.0 Å². The Morgan fingerprint density at radius 1 is 1.22 bits per heavy atom. The van der Waals surface area contributed by atoms with Crippen molar-refractivity contribution < 1.29 is 13.2 Å². The third-order valence-corrected chi connectivity index (χ3v) is 7.31. The van der Waals surface area contributed by atoms with Gasteiger partial charge in [0, 0.05) is 42.8 Å². The fourth-order valence-electron chi connectivity index (χ4n) is 2.71. The highest BCUT2D eigenvalue weighted by molar-refractivity contribution is 7.91. The number of ether oxygens (including phenoxy) is 1. The van der Waals surface area contributed by atoms with Gasteiger partial charge in [-0.1, -0.05) is 6.92 Å². The molecule has 0 saturated carbocycles. The van der Waals surface area contributed by atoms with Crippen LogP contribution >= 0.6 is 11.3 Å². The van der Waals surface area contributed by atoms with Gasteiger partial charge in [0.1, 0.15) is 10.0 Å². The lowest BCUT2D eigenvalue weighted by atomic mass is 10.3. The van der Waals surface area contributed by atoms with Crippen molar-refractivity contribution >= 4 is 33.1 Å². The number of nitrogens with zero attached hydrogens (tertiary/aromatic N) is 3. The topological polar surface area (TPSA) is 96.5 Å². The van der Waals surface area contributed by atoms with Crippen LogP contribution in [0, 0.1) is 6.92 Å². The summed E-state index contributed by atoms with van der Waals surface area (Å²) >= 11 is 1.30. The first-order chi connectivity index (χ1) is 13.0. The van der Waals surface area contributed by atoms with E-state index in [0.29, 0.717) is 29.9 Å². The van der Waals surface area contributed by atoms with Crippen LogP contribution in [0.5, 0.6) is 0 Å². The fourth-order valence-corrected chi connectivity index (χ4v) is 5.08. The summed E-state index contributed by atoms with van der Waals surface area (Å²) < 4.78 is 33.0. The molecule has 10 heteroatoms. The molecule has 0 aromatic carbocycles. The molecule has 0 spiro atoms. The Hall–Kier alpha value is -1.75. The molecular formula is C17H25N5O3S2. The van der Waals surface area contributed by atoms with Crippen molar-refractivity contribution in [3.63, 3.8) is 0 Å². The number of aromatic nitrogens is 2. The van der Waals surface area contributed by atoms with Crippen LogP contribution in [0.25, 0.3) is 0 Å². The molecule has 0 bridgehead atoms. The quantitative estimate of drug-likeness (QED) is 0.638. The number of anilines is 2. The van der Waals surface area contributed by atoms with Crippen LogP contribution in [0.4, 0.5) is 11.8 Å². The van der Waals surface area contributed by atoms with Crippen LogP contribution < -0.4 is 14.9 Å². The second kappa shape index (κ2) is 8.96. The Morgan fingerprint density at radius 2 is 2.00 bits per heavy atom. The molecule has 1 saturated heterocycles. The number of morpholine rings is 1. The number of aryl methyl sites for hydroxylation is 2. The van der Waals surface area contributed by atoms with Gasteiger partial charge in [0.2, 0.25) is 16.0 Å².